The second-order valence-corrected chi connectivity index (χ2v) is 4.82. The number of hydrogen-bond acceptors (Lipinski definition) is 3. The summed E-state index contributed by atoms with van der Waals surface area (Å²) in [5.74, 6) is 0.811. The first-order valence-electron chi connectivity index (χ1n) is 6.70. The lowest BCUT2D eigenvalue weighted by atomic mass is 10.1. The van der Waals surface area contributed by atoms with Crippen molar-refractivity contribution in [3.63, 3.8) is 0 Å². The average Bonchev–Trinajstić information content (AvgIpc) is 2.86. The zero-order chi connectivity index (χ0) is 15.5. The fourth-order valence-electron chi connectivity index (χ4n) is 2.07. The summed E-state index contributed by atoms with van der Waals surface area (Å²) in [5, 5.41) is 0. The van der Waals surface area contributed by atoms with Crippen molar-refractivity contribution in [1.82, 2.24) is 14.5 Å². The van der Waals surface area contributed by atoms with Gasteiger partial charge in [-0.2, -0.15) is 13.2 Å². The molecule has 7 heteroatoms. The first-order chi connectivity index (χ1) is 9.91. The summed E-state index contributed by atoms with van der Waals surface area (Å²) in [7, 11) is 0. The van der Waals surface area contributed by atoms with Crippen molar-refractivity contribution in [2.24, 2.45) is 5.73 Å². The van der Waals surface area contributed by atoms with E-state index in [1.165, 1.54) is 6.07 Å². The van der Waals surface area contributed by atoms with Gasteiger partial charge >= 0.3 is 6.18 Å². The molecule has 1 unspecified atom stereocenters. The Labute approximate surface area is 120 Å². The van der Waals surface area contributed by atoms with Crippen molar-refractivity contribution in [3.8, 4) is 0 Å². The number of pyridine rings is 1. The summed E-state index contributed by atoms with van der Waals surface area (Å²) in [6.07, 6.45) is 1.40. The molecule has 0 saturated carbocycles. The topological polar surface area (TPSA) is 56.7 Å². The summed E-state index contributed by atoms with van der Waals surface area (Å²) < 4.78 is 39.4. The maximum Gasteiger partial charge on any atom is 0.417 e. The molecule has 0 amide bonds. The third-order valence-electron chi connectivity index (χ3n) is 3.16. The van der Waals surface area contributed by atoms with E-state index in [4.69, 9.17) is 5.73 Å². The highest BCUT2D eigenvalue weighted by Crippen LogP contribution is 2.29. The number of imidazole rings is 1. The Balaban J connectivity index is 2.09. The van der Waals surface area contributed by atoms with Crippen molar-refractivity contribution >= 4 is 0 Å². The summed E-state index contributed by atoms with van der Waals surface area (Å²) in [5.41, 5.74) is 5.67. The van der Waals surface area contributed by atoms with Gasteiger partial charge in [-0.05, 0) is 18.6 Å². The molecule has 0 fully saturated rings. The molecule has 0 aliphatic rings. The second-order valence-electron chi connectivity index (χ2n) is 4.82. The van der Waals surface area contributed by atoms with Crippen LogP contribution < -0.4 is 5.73 Å². The number of aryl methyl sites for hydroxylation is 1. The predicted molar refractivity (Wildman–Crippen MR) is 72.4 cm³/mol. The molecule has 2 heterocycles. The number of nitrogens with two attached hydrogens (primary N) is 1. The molecule has 0 saturated heterocycles. The number of alkyl halides is 3. The van der Waals surface area contributed by atoms with Crippen LogP contribution in [0.3, 0.4) is 0 Å². The minimum atomic E-state index is -4.38. The smallest absolute Gasteiger partial charge is 0.335 e. The van der Waals surface area contributed by atoms with Crippen LogP contribution in [0.25, 0.3) is 0 Å². The Morgan fingerprint density at radius 1 is 1.29 bits per heavy atom. The molecule has 0 aromatic carbocycles. The highest BCUT2D eigenvalue weighted by atomic mass is 19.4. The lowest BCUT2D eigenvalue weighted by molar-refractivity contribution is -0.137. The van der Waals surface area contributed by atoms with Gasteiger partial charge in [0.05, 0.1) is 17.3 Å². The molecule has 0 spiro atoms. The van der Waals surface area contributed by atoms with Gasteiger partial charge in [0.15, 0.2) is 0 Å². The Morgan fingerprint density at radius 2 is 2.05 bits per heavy atom. The normalized spacial score (nSPS) is 13.4. The van der Waals surface area contributed by atoms with Gasteiger partial charge in [0.1, 0.15) is 5.82 Å². The number of aromatic nitrogens is 3. The zero-order valence-electron chi connectivity index (χ0n) is 11.6. The highest BCUT2D eigenvalue weighted by Gasteiger charge is 2.30. The van der Waals surface area contributed by atoms with Crippen LogP contribution in [-0.4, -0.2) is 14.5 Å². The maximum absolute atomic E-state index is 12.5. The molecule has 21 heavy (non-hydrogen) atoms. The molecule has 2 aromatic rings. The molecule has 4 nitrogen and oxygen atoms in total. The molecule has 0 bridgehead atoms. The van der Waals surface area contributed by atoms with Gasteiger partial charge < -0.3 is 10.3 Å². The first-order valence-corrected chi connectivity index (χ1v) is 6.70. The van der Waals surface area contributed by atoms with E-state index in [9.17, 15) is 13.2 Å². The number of nitrogens with zero attached hydrogens (tertiary/aromatic N) is 3. The Bertz CT molecular complexity index is 575. The van der Waals surface area contributed by atoms with Crippen LogP contribution in [-0.2, 0) is 19.1 Å². The number of hydrogen-bond donors (Lipinski definition) is 1. The molecule has 2 N–H and O–H groups in total. The average molecular weight is 298 g/mol. The lowest BCUT2D eigenvalue weighted by Crippen LogP contribution is -2.18. The predicted octanol–water partition coefficient (Wildman–Crippen LogP) is 2.95. The van der Waals surface area contributed by atoms with Crippen LogP contribution >= 0.6 is 0 Å². The van der Waals surface area contributed by atoms with Crippen molar-refractivity contribution < 1.29 is 13.2 Å². The SMILES string of the molecule is CCCn1ccnc1CC(N)c1ccc(C(F)(F)F)cn1. The van der Waals surface area contributed by atoms with Crippen LogP contribution in [0.5, 0.6) is 0 Å². The molecular formula is C14H17F3N4. The van der Waals surface area contributed by atoms with E-state index in [2.05, 4.69) is 16.9 Å². The van der Waals surface area contributed by atoms with Crippen LogP contribution in [0.2, 0.25) is 0 Å². The summed E-state index contributed by atoms with van der Waals surface area (Å²) in [6.45, 7) is 2.89. The van der Waals surface area contributed by atoms with E-state index in [-0.39, 0.29) is 0 Å². The highest BCUT2D eigenvalue weighted by molar-refractivity contribution is 5.19. The largest absolute Gasteiger partial charge is 0.417 e. The van der Waals surface area contributed by atoms with Gasteiger partial charge in [-0.25, -0.2) is 4.98 Å². The van der Waals surface area contributed by atoms with E-state index in [0.29, 0.717) is 12.1 Å². The van der Waals surface area contributed by atoms with Gasteiger partial charge in [-0.1, -0.05) is 6.92 Å². The van der Waals surface area contributed by atoms with E-state index >= 15 is 0 Å². The molecule has 1 atom stereocenters. The van der Waals surface area contributed by atoms with Gasteiger partial charge in [0.2, 0.25) is 0 Å². The summed E-state index contributed by atoms with van der Waals surface area (Å²) in [6, 6.07) is 1.84. The molecular weight excluding hydrogens is 281 g/mol. The van der Waals surface area contributed by atoms with Gasteiger partial charge in [0, 0.05) is 31.6 Å². The Hall–Kier alpha value is -1.89. The van der Waals surface area contributed by atoms with Crippen molar-refractivity contribution in [1.29, 1.82) is 0 Å². The standard InChI is InChI=1S/C14H17F3N4/c1-2-6-21-7-5-19-13(21)8-11(18)12-4-3-10(9-20-12)14(15,16)17/h3-5,7,9,11H,2,6,8,18H2,1H3. The Kier molecular flexibility index (Phi) is 4.62. The minimum absolute atomic E-state index is 0.425. The molecule has 2 rings (SSSR count). The van der Waals surface area contributed by atoms with Gasteiger partial charge in [-0.3, -0.25) is 4.98 Å². The monoisotopic (exact) mass is 298 g/mol. The molecule has 0 aliphatic carbocycles. The lowest BCUT2D eigenvalue weighted by Gasteiger charge is -2.13. The van der Waals surface area contributed by atoms with E-state index < -0.39 is 17.8 Å². The quantitative estimate of drug-likeness (QED) is 0.923. The summed E-state index contributed by atoms with van der Waals surface area (Å²) >= 11 is 0. The van der Waals surface area contributed by atoms with Crippen LogP contribution in [0, 0.1) is 0 Å². The van der Waals surface area contributed by atoms with Gasteiger partial charge in [0.25, 0.3) is 0 Å². The second kappa shape index (κ2) is 6.26. The Morgan fingerprint density at radius 3 is 2.62 bits per heavy atom. The number of halogens is 3. The van der Waals surface area contributed by atoms with Crippen molar-refractivity contribution in [2.45, 2.75) is 38.5 Å². The van der Waals surface area contributed by atoms with Crippen molar-refractivity contribution in [2.75, 3.05) is 0 Å². The van der Waals surface area contributed by atoms with Crippen LogP contribution in [0.4, 0.5) is 13.2 Å². The fraction of sp³-hybridized carbons (Fsp3) is 0.429. The third kappa shape index (κ3) is 3.81. The first kappa shape index (κ1) is 15.5. The zero-order valence-corrected chi connectivity index (χ0v) is 11.6. The van der Waals surface area contributed by atoms with Crippen LogP contribution in [0.1, 0.15) is 36.5 Å². The third-order valence-corrected chi connectivity index (χ3v) is 3.16. The summed E-state index contributed by atoms with van der Waals surface area (Å²) in [4.78, 5) is 8.05. The number of rotatable bonds is 5. The van der Waals surface area contributed by atoms with Crippen molar-refractivity contribution in [3.05, 3.63) is 47.8 Å². The molecule has 0 radical (unpaired) electrons. The fourth-order valence-corrected chi connectivity index (χ4v) is 2.07. The van der Waals surface area contributed by atoms with E-state index in [1.807, 2.05) is 10.8 Å². The van der Waals surface area contributed by atoms with E-state index in [1.54, 1.807) is 6.20 Å². The maximum atomic E-state index is 12.5. The van der Waals surface area contributed by atoms with E-state index in [0.717, 1.165) is 31.1 Å². The van der Waals surface area contributed by atoms with Crippen LogP contribution in [0.15, 0.2) is 30.7 Å². The molecule has 2 aromatic heterocycles. The van der Waals surface area contributed by atoms with Gasteiger partial charge in [-0.15, -0.1) is 0 Å². The minimum Gasteiger partial charge on any atom is -0.335 e. The molecule has 0 aliphatic heterocycles. The molecule has 114 valence electrons.